The predicted molar refractivity (Wildman–Crippen MR) is 114 cm³/mol. The minimum atomic E-state index is -0.231. The number of rotatable bonds is 4. The van der Waals surface area contributed by atoms with E-state index in [1.165, 1.54) is 5.56 Å². The topological polar surface area (TPSA) is 59.3 Å². The van der Waals surface area contributed by atoms with Gasteiger partial charge in [0.2, 0.25) is 5.62 Å². The number of hydrogen-bond donors (Lipinski definition) is 1. The maximum atomic E-state index is 12.6. The van der Waals surface area contributed by atoms with E-state index < -0.39 is 0 Å². The highest BCUT2D eigenvalue weighted by Gasteiger charge is 2.08. The van der Waals surface area contributed by atoms with E-state index in [1.807, 2.05) is 85.8 Å². The van der Waals surface area contributed by atoms with Crippen molar-refractivity contribution in [3.05, 3.63) is 114 Å². The molecule has 0 bridgehead atoms. The summed E-state index contributed by atoms with van der Waals surface area (Å²) in [5.41, 5.74) is 7.51. The highest BCUT2D eigenvalue weighted by Crippen LogP contribution is 2.16. The third-order valence-corrected chi connectivity index (χ3v) is 4.41. The molecule has 1 aromatic heterocycles. The van der Waals surface area contributed by atoms with Crippen molar-refractivity contribution in [2.75, 3.05) is 5.43 Å². The van der Waals surface area contributed by atoms with Crippen molar-refractivity contribution in [3.63, 3.8) is 0 Å². The predicted octanol–water partition coefficient (Wildman–Crippen LogP) is 4.47. The molecule has 0 radical (unpaired) electrons. The van der Waals surface area contributed by atoms with E-state index in [2.05, 4.69) is 10.4 Å². The van der Waals surface area contributed by atoms with Crippen LogP contribution in [0, 0.1) is 6.92 Å². The lowest BCUT2D eigenvalue weighted by Gasteiger charge is -2.11. The van der Waals surface area contributed by atoms with E-state index in [4.69, 9.17) is 4.98 Å². The molecule has 0 fully saturated rings. The van der Waals surface area contributed by atoms with Crippen molar-refractivity contribution in [2.45, 2.75) is 6.92 Å². The maximum absolute atomic E-state index is 12.6. The van der Waals surface area contributed by atoms with Crippen LogP contribution in [0.15, 0.2) is 102 Å². The summed E-state index contributed by atoms with van der Waals surface area (Å²) in [6.45, 7) is 2.05. The molecule has 5 heteroatoms. The first-order valence-corrected chi connectivity index (χ1v) is 9.32. The first-order valence-electron chi connectivity index (χ1n) is 9.32. The fraction of sp³-hybridized carbons (Fsp3) is 0.0417. The summed E-state index contributed by atoms with van der Waals surface area (Å²) in [4.78, 5) is 21.9. The van der Waals surface area contributed by atoms with Crippen LogP contribution in [0.2, 0.25) is 0 Å². The van der Waals surface area contributed by atoms with Crippen molar-refractivity contribution in [1.82, 2.24) is 9.66 Å². The van der Waals surface area contributed by atoms with Gasteiger partial charge in [0.05, 0.1) is 11.4 Å². The minimum Gasteiger partial charge on any atom is -0.267 e. The van der Waals surface area contributed by atoms with Gasteiger partial charge in [-0.25, -0.2) is 14.7 Å². The largest absolute Gasteiger partial charge is 0.270 e. The van der Waals surface area contributed by atoms with E-state index in [9.17, 15) is 4.79 Å². The van der Waals surface area contributed by atoms with Gasteiger partial charge in [0.25, 0.3) is 5.91 Å². The summed E-state index contributed by atoms with van der Waals surface area (Å²) in [6.07, 6.45) is 1.77. The van der Waals surface area contributed by atoms with E-state index in [-0.39, 0.29) is 5.91 Å². The summed E-state index contributed by atoms with van der Waals surface area (Å²) in [6, 6.07) is 28.6. The molecule has 0 saturated carbocycles. The average molecular weight is 380 g/mol. The lowest BCUT2D eigenvalue weighted by molar-refractivity contribution is 0.101. The molecule has 1 amide bonds. The number of nitrogens with one attached hydrogen (secondary N) is 1. The van der Waals surface area contributed by atoms with Crippen molar-refractivity contribution >= 4 is 11.6 Å². The Labute approximate surface area is 169 Å². The number of para-hydroxylation sites is 1. The van der Waals surface area contributed by atoms with Gasteiger partial charge in [-0.1, -0.05) is 66.2 Å². The van der Waals surface area contributed by atoms with Crippen molar-refractivity contribution in [3.8, 4) is 11.3 Å². The molecule has 3 aromatic carbocycles. The molecule has 0 aliphatic carbocycles. The number of nitrogens with zero attached hydrogens (tertiary/aromatic N) is 3. The van der Waals surface area contributed by atoms with Crippen LogP contribution < -0.4 is 11.0 Å². The van der Waals surface area contributed by atoms with Gasteiger partial charge in [-0.2, -0.15) is 0 Å². The smallest absolute Gasteiger partial charge is 0.267 e. The third kappa shape index (κ3) is 4.47. The van der Waals surface area contributed by atoms with Crippen LogP contribution in [0.5, 0.6) is 0 Å². The van der Waals surface area contributed by atoms with Gasteiger partial charge in [-0.3, -0.25) is 10.2 Å². The molecule has 0 atom stereocenters. The number of carbonyl (C=O) groups excluding carboxylic acids is 1. The summed E-state index contributed by atoms with van der Waals surface area (Å²) in [5, 5.41) is 0. The number of amides is 1. The van der Waals surface area contributed by atoms with Crippen molar-refractivity contribution < 1.29 is 4.79 Å². The Morgan fingerprint density at radius 3 is 2.21 bits per heavy atom. The molecule has 0 aliphatic rings. The molecular weight excluding hydrogens is 360 g/mol. The Kier molecular flexibility index (Phi) is 5.29. The van der Waals surface area contributed by atoms with Crippen molar-refractivity contribution in [1.29, 1.82) is 0 Å². The van der Waals surface area contributed by atoms with Crippen LogP contribution >= 0.6 is 0 Å². The van der Waals surface area contributed by atoms with E-state index in [1.54, 1.807) is 23.0 Å². The zero-order chi connectivity index (χ0) is 20.1. The van der Waals surface area contributed by atoms with Gasteiger partial charge >= 0.3 is 0 Å². The van der Waals surface area contributed by atoms with E-state index in [0.29, 0.717) is 11.2 Å². The standard InChI is InChI=1S/C24H20N4O/c1-18-12-14-19(15-13-18)22-16-17-28(27-23(29)20-8-4-2-5-9-20)24(26-22)25-21-10-6-3-7-11-21/h2-17H,1H3,(H,27,29). The molecule has 0 unspecified atom stereocenters. The molecule has 5 nitrogen and oxygen atoms in total. The molecule has 4 aromatic rings. The second-order valence-corrected chi connectivity index (χ2v) is 6.60. The molecule has 0 spiro atoms. The van der Waals surface area contributed by atoms with Crippen LogP contribution in [0.4, 0.5) is 5.69 Å². The van der Waals surface area contributed by atoms with Crippen LogP contribution in [-0.2, 0) is 0 Å². The lowest BCUT2D eigenvalue weighted by atomic mass is 10.1. The first kappa shape index (κ1) is 18.4. The number of carbonyl (C=O) groups is 1. The molecule has 29 heavy (non-hydrogen) atoms. The first-order chi connectivity index (χ1) is 14.2. The lowest BCUT2D eigenvalue weighted by Crippen LogP contribution is -2.35. The average Bonchev–Trinajstić information content (AvgIpc) is 2.77. The minimum absolute atomic E-state index is 0.231. The molecule has 1 N–H and O–H groups in total. The summed E-state index contributed by atoms with van der Waals surface area (Å²) in [5.74, 6) is -0.231. The Balaban J connectivity index is 1.77. The van der Waals surface area contributed by atoms with E-state index in [0.717, 1.165) is 16.9 Å². The van der Waals surface area contributed by atoms with Crippen LogP contribution in [-0.4, -0.2) is 15.6 Å². The Hall–Kier alpha value is -3.99. The molecular formula is C24H20N4O. The van der Waals surface area contributed by atoms with Crippen molar-refractivity contribution in [2.24, 2.45) is 4.99 Å². The van der Waals surface area contributed by atoms with E-state index >= 15 is 0 Å². The van der Waals surface area contributed by atoms with Crippen LogP contribution in [0.1, 0.15) is 15.9 Å². The maximum Gasteiger partial charge on any atom is 0.270 e. The monoisotopic (exact) mass is 380 g/mol. The summed E-state index contributed by atoms with van der Waals surface area (Å²) < 4.78 is 1.54. The van der Waals surface area contributed by atoms with Gasteiger partial charge in [0.15, 0.2) is 0 Å². The number of hydrogen-bond acceptors (Lipinski definition) is 3. The van der Waals surface area contributed by atoms with Gasteiger partial charge < -0.3 is 0 Å². The van der Waals surface area contributed by atoms with Gasteiger partial charge in [-0.05, 0) is 37.3 Å². The third-order valence-electron chi connectivity index (χ3n) is 4.41. The number of aromatic nitrogens is 2. The molecule has 0 saturated heterocycles. The summed E-state index contributed by atoms with van der Waals surface area (Å²) >= 11 is 0. The highest BCUT2D eigenvalue weighted by molar-refractivity contribution is 5.99. The SMILES string of the molecule is Cc1ccc(-c2ccn(NC(=O)c3ccccc3)c(=Nc3ccccc3)n2)cc1. The number of benzene rings is 3. The van der Waals surface area contributed by atoms with Crippen LogP contribution in [0.3, 0.4) is 0 Å². The van der Waals surface area contributed by atoms with Gasteiger partial charge in [0.1, 0.15) is 0 Å². The van der Waals surface area contributed by atoms with Crippen LogP contribution in [0.25, 0.3) is 11.3 Å². The molecule has 1 heterocycles. The van der Waals surface area contributed by atoms with Gasteiger partial charge in [0, 0.05) is 17.3 Å². The summed E-state index contributed by atoms with van der Waals surface area (Å²) in [7, 11) is 0. The second-order valence-electron chi connectivity index (χ2n) is 6.60. The Morgan fingerprint density at radius 2 is 1.52 bits per heavy atom. The molecule has 4 rings (SSSR count). The molecule has 142 valence electrons. The fourth-order valence-corrected chi connectivity index (χ4v) is 2.84. The zero-order valence-corrected chi connectivity index (χ0v) is 16.0. The highest BCUT2D eigenvalue weighted by atomic mass is 16.2. The zero-order valence-electron chi connectivity index (χ0n) is 16.0. The fourth-order valence-electron chi connectivity index (χ4n) is 2.84. The Morgan fingerprint density at radius 1 is 0.862 bits per heavy atom. The Bertz CT molecular complexity index is 1180. The second kappa shape index (κ2) is 8.35. The number of aryl methyl sites for hydroxylation is 1. The van der Waals surface area contributed by atoms with Gasteiger partial charge in [-0.15, -0.1) is 0 Å². The molecule has 0 aliphatic heterocycles. The normalized spacial score (nSPS) is 11.3. The quantitative estimate of drug-likeness (QED) is 0.568.